The molecule has 0 N–H and O–H groups in total. The Balaban J connectivity index is 0.00000144. The van der Waals surface area contributed by atoms with Crippen molar-refractivity contribution in [3.63, 3.8) is 0 Å². The zero-order chi connectivity index (χ0) is 8.97. The fourth-order valence-electron chi connectivity index (χ4n) is 0.684. The number of ether oxygens (including phenoxy) is 1. The number of nitro groups is 1. The van der Waals surface area contributed by atoms with Gasteiger partial charge in [-0.25, -0.2) is 0 Å². The predicted octanol–water partition coefficient (Wildman–Crippen LogP) is 1.04. The molecule has 0 aliphatic carbocycles. The number of hydrogen-bond donors (Lipinski definition) is 0. The van der Waals surface area contributed by atoms with E-state index in [2.05, 4.69) is 4.74 Å². The van der Waals surface area contributed by atoms with E-state index in [0.717, 1.165) is 0 Å². The van der Waals surface area contributed by atoms with Gasteiger partial charge < -0.3 is 9.53 Å². The first-order valence-corrected chi connectivity index (χ1v) is 3.02. The second kappa shape index (κ2) is 5.43. The van der Waals surface area contributed by atoms with Crippen molar-refractivity contribution in [2.75, 3.05) is 0 Å². The number of rotatable bonds is 3. The summed E-state index contributed by atoms with van der Waals surface area (Å²) in [7, 11) is 0. The molecule has 1 aromatic rings. The number of non-ortho nitro benzene ring substituents is 1. The maximum Gasteiger partial charge on any atom is 0.266 e. The monoisotopic (exact) mass is 350 g/mol. The Kier molecular flexibility index (Phi) is 4.92. The van der Waals surface area contributed by atoms with E-state index in [1.807, 2.05) is 0 Å². The topological polar surface area (TPSA) is 69.4 Å². The molecule has 0 aliphatic rings. The van der Waals surface area contributed by atoms with Gasteiger partial charge in [0.1, 0.15) is 0 Å². The number of hydrogen-bond acceptors (Lipinski definition) is 4. The fraction of sp³-hybridized carbons (Fsp3) is 0. The maximum absolute atomic E-state index is 10.2. The van der Waals surface area contributed by atoms with Gasteiger partial charge in [0.05, 0.1) is 4.92 Å². The summed E-state index contributed by atoms with van der Waals surface area (Å²) >= 11 is 0. The number of nitrogens with zero attached hydrogens (tertiary/aromatic N) is 1. The van der Waals surface area contributed by atoms with Crippen molar-refractivity contribution in [2.45, 2.75) is 0 Å². The molecule has 1 rings (SSSR count). The normalized spacial score (nSPS) is 8.31. The zero-order valence-corrected chi connectivity index (χ0v) is 9.23. The average molecular weight is 350 g/mol. The van der Waals surface area contributed by atoms with E-state index in [1.54, 1.807) is 0 Å². The van der Waals surface area contributed by atoms with Gasteiger partial charge in [0.2, 0.25) is 0 Å². The third kappa shape index (κ3) is 3.34. The molecule has 0 heterocycles. The van der Waals surface area contributed by atoms with Crippen LogP contribution in [0.2, 0.25) is 0 Å². The summed E-state index contributed by atoms with van der Waals surface area (Å²) in [6.45, 7) is 1.21. The predicted molar refractivity (Wildman–Crippen MR) is 39.4 cm³/mol. The molecule has 0 bridgehead atoms. The summed E-state index contributed by atoms with van der Waals surface area (Å²) in [6.07, 6.45) is 0. The van der Waals surface area contributed by atoms with Gasteiger partial charge in [0.15, 0.2) is 6.47 Å². The van der Waals surface area contributed by atoms with E-state index in [4.69, 9.17) is 0 Å². The first kappa shape index (κ1) is 11.8. The van der Waals surface area contributed by atoms with Gasteiger partial charge >= 0.3 is 0 Å². The summed E-state index contributed by atoms with van der Waals surface area (Å²) in [5, 5.41) is 10.2. The molecular formula is C7H4NO4W-. The number of benzene rings is 1. The first-order chi connectivity index (χ1) is 5.74. The van der Waals surface area contributed by atoms with Crippen molar-refractivity contribution in [2.24, 2.45) is 0 Å². The van der Waals surface area contributed by atoms with Gasteiger partial charge in [-0.15, -0.1) is 0 Å². The molecule has 13 heavy (non-hydrogen) atoms. The second-order valence-electron chi connectivity index (χ2n) is 1.94. The summed E-state index contributed by atoms with van der Waals surface area (Å²) in [5.41, 5.74) is -0.0479. The van der Waals surface area contributed by atoms with E-state index in [0.29, 0.717) is 0 Å². The Morgan fingerprint density at radius 3 is 2.23 bits per heavy atom. The molecule has 0 saturated carbocycles. The summed E-state index contributed by atoms with van der Waals surface area (Å²) in [4.78, 5) is 19.3. The molecule has 0 aliphatic heterocycles. The van der Waals surface area contributed by atoms with Crippen molar-refractivity contribution >= 4 is 12.2 Å². The van der Waals surface area contributed by atoms with Gasteiger partial charge in [-0.05, 0) is 5.75 Å². The second-order valence-corrected chi connectivity index (χ2v) is 1.94. The maximum atomic E-state index is 10.2. The summed E-state index contributed by atoms with van der Waals surface area (Å²) in [5.74, 6) is 0.232. The van der Waals surface area contributed by atoms with Crippen LogP contribution in [0.4, 0.5) is 5.69 Å². The van der Waals surface area contributed by atoms with Crippen LogP contribution in [0.5, 0.6) is 5.75 Å². The molecule has 5 nitrogen and oxygen atoms in total. The van der Waals surface area contributed by atoms with Crippen LogP contribution < -0.4 is 4.74 Å². The van der Waals surface area contributed by atoms with E-state index in [-0.39, 0.29) is 32.5 Å². The van der Waals surface area contributed by atoms with Gasteiger partial charge in [0.25, 0.3) is 5.69 Å². The Morgan fingerprint density at radius 1 is 1.31 bits per heavy atom. The van der Waals surface area contributed by atoms with Crippen molar-refractivity contribution in [3.8, 4) is 5.75 Å². The third-order valence-corrected chi connectivity index (χ3v) is 1.21. The van der Waals surface area contributed by atoms with Crippen LogP contribution in [0.1, 0.15) is 0 Å². The average Bonchev–Trinajstić information content (AvgIpc) is 2.06. The first-order valence-electron chi connectivity index (χ1n) is 3.02. The molecule has 0 atom stereocenters. The van der Waals surface area contributed by atoms with Crippen molar-refractivity contribution in [1.29, 1.82) is 0 Å². The molecule has 1 aromatic carbocycles. The van der Waals surface area contributed by atoms with Crippen LogP contribution in [0.3, 0.4) is 0 Å². The minimum atomic E-state index is -0.533. The molecule has 0 fully saturated rings. The molecular weight excluding hydrogens is 346 g/mol. The Labute approximate surface area is 88.1 Å². The van der Waals surface area contributed by atoms with Gasteiger partial charge in [-0.2, -0.15) is 0 Å². The molecule has 6 heteroatoms. The van der Waals surface area contributed by atoms with E-state index < -0.39 is 4.92 Å². The van der Waals surface area contributed by atoms with E-state index in [9.17, 15) is 14.9 Å². The Bertz CT molecular complexity index is 298. The minimum absolute atomic E-state index is 0. The largest absolute Gasteiger partial charge is 0.610 e. The van der Waals surface area contributed by atoms with Crippen LogP contribution in [0.15, 0.2) is 24.3 Å². The van der Waals surface area contributed by atoms with Gasteiger partial charge in [-0.3, -0.25) is 10.1 Å². The summed E-state index contributed by atoms with van der Waals surface area (Å²) < 4.78 is 4.31. The summed E-state index contributed by atoms with van der Waals surface area (Å²) in [6, 6.07) is 5.13. The van der Waals surface area contributed by atoms with Crippen LogP contribution in [0.25, 0.3) is 0 Å². The van der Waals surface area contributed by atoms with Crippen LogP contribution >= 0.6 is 0 Å². The standard InChI is InChI=1S/C7H4NO4.W/c9-5-12-7-3-1-6(2-4-7)8(10)11;/h1-4H;/q-1;. The minimum Gasteiger partial charge on any atom is -0.610 e. The SMILES string of the molecule is O=[C-]Oc1ccc([N+](=O)[O-])cc1.[W]. The molecule has 68 valence electrons. The van der Waals surface area contributed by atoms with Crippen LogP contribution in [-0.4, -0.2) is 11.4 Å². The van der Waals surface area contributed by atoms with Crippen molar-refractivity contribution < 1.29 is 35.5 Å². The quantitative estimate of drug-likeness (QED) is 0.464. The van der Waals surface area contributed by atoms with E-state index in [1.165, 1.54) is 30.7 Å². The van der Waals surface area contributed by atoms with Crippen molar-refractivity contribution in [1.82, 2.24) is 0 Å². The number of nitro benzene ring substituents is 1. The fourth-order valence-corrected chi connectivity index (χ4v) is 0.684. The molecule has 0 unspecified atom stereocenters. The number of carbonyl (C=O) groups excluding carboxylic acids is 1. The molecule has 0 aromatic heterocycles. The van der Waals surface area contributed by atoms with E-state index >= 15 is 0 Å². The Morgan fingerprint density at radius 2 is 1.85 bits per heavy atom. The van der Waals surface area contributed by atoms with Gasteiger partial charge in [-0.1, -0.05) is 12.1 Å². The Hall–Kier alpha value is -1.22. The zero-order valence-electron chi connectivity index (χ0n) is 6.30. The smallest absolute Gasteiger partial charge is 0.266 e. The third-order valence-electron chi connectivity index (χ3n) is 1.21. The molecule has 0 radical (unpaired) electrons. The van der Waals surface area contributed by atoms with Crippen molar-refractivity contribution in [3.05, 3.63) is 34.4 Å². The van der Waals surface area contributed by atoms with Crippen LogP contribution in [-0.2, 0) is 25.9 Å². The van der Waals surface area contributed by atoms with Crippen LogP contribution in [0, 0.1) is 10.1 Å². The van der Waals surface area contributed by atoms with Gasteiger partial charge in [0, 0.05) is 33.2 Å². The molecule has 0 saturated heterocycles. The molecule has 0 spiro atoms. The molecule has 0 amide bonds.